The van der Waals surface area contributed by atoms with E-state index >= 15 is 0 Å². The first-order valence-corrected chi connectivity index (χ1v) is 6.24. The van der Waals surface area contributed by atoms with Gasteiger partial charge in [0.1, 0.15) is 5.75 Å². The first kappa shape index (κ1) is 13.1. The lowest BCUT2D eigenvalue weighted by Crippen LogP contribution is -2.22. The van der Waals surface area contributed by atoms with Crippen LogP contribution < -0.4 is 9.84 Å². The maximum Gasteiger partial charge on any atom is 0.127 e. The van der Waals surface area contributed by atoms with Gasteiger partial charge in [0.15, 0.2) is 0 Å². The lowest BCUT2D eigenvalue weighted by Gasteiger charge is -2.11. The van der Waals surface area contributed by atoms with E-state index in [1.54, 1.807) is 0 Å². The number of carboxylic acid groups (broad SMARTS) is 1. The monoisotopic (exact) mass is 255 g/mol. The molecule has 0 fully saturated rings. The van der Waals surface area contributed by atoms with Gasteiger partial charge in [0.25, 0.3) is 0 Å². The van der Waals surface area contributed by atoms with Gasteiger partial charge in [-0.3, -0.25) is 0 Å². The number of carbonyl (C=O) groups excluding carboxylic acids is 1. The summed E-state index contributed by atoms with van der Waals surface area (Å²) in [5, 5.41) is 10.3. The van der Waals surface area contributed by atoms with Crippen molar-refractivity contribution >= 4 is 5.97 Å². The van der Waals surface area contributed by atoms with Gasteiger partial charge in [0, 0.05) is 11.5 Å². The van der Waals surface area contributed by atoms with Gasteiger partial charge in [-0.2, -0.15) is 0 Å². The van der Waals surface area contributed by atoms with E-state index in [9.17, 15) is 9.90 Å². The summed E-state index contributed by atoms with van der Waals surface area (Å²) in [6.07, 6.45) is 0.471. The minimum atomic E-state index is -1.04. The number of carboxylic acids is 1. The summed E-state index contributed by atoms with van der Waals surface area (Å²) in [6.45, 7) is 0.373. The zero-order chi connectivity index (χ0) is 13.5. The van der Waals surface area contributed by atoms with E-state index < -0.39 is 5.97 Å². The molecule has 2 rings (SSSR count). The van der Waals surface area contributed by atoms with E-state index in [-0.39, 0.29) is 6.42 Å². The summed E-state index contributed by atoms with van der Waals surface area (Å²) in [6, 6.07) is 17.7. The minimum absolute atomic E-state index is 0.0213. The van der Waals surface area contributed by atoms with Crippen LogP contribution in [0.15, 0.2) is 54.6 Å². The van der Waals surface area contributed by atoms with Crippen molar-refractivity contribution in [2.24, 2.45) is 0 Å². The Morgan fingerprint density at radius 1 is 1.00 bits per heavy atom. The highest BCUT2D eigenvalue weighted by atomic mass is 16.5. The van der Waals surface area contributed by atoms with Gasteiger partial charge in [-0.1, -0.05) is 48.5 Å². The molecule has 0 unspecified atom stereocenters. The largest absolute Gasteiger partial charge is 0.550 e. The first-order valence-electron chi connectivity index (χ1n) is 6.24. The quantitative estimate of drug-likeness (QED) is 0.744. The number of hydrogen-bond acceptors (Lipinski definition) is 3. The van der Waals surface area contributed by atoms with Crippen LogP contribution in [-0.4, -0.2) is 12.6 Å². The topological polar surface area (TPSA) is 49.4 Å². The Hall–Kier alpha value is -2.29. The maximum absolute atomic E-state index is 10.3. The molecular weight excluding hydrogens is 240 g/mol. The molecule has 3 nitrogen and oxygen atoms in total. The van der Waals surface area contributed by atoms with Gasteiger partial charge in [-0.05, 0) is 24.5 Å². The fourth-order valence-electron chi connectivity index (χ4n) is 1.85. The standard InChI is InChI=1S/C16H16O3/c17-16(18)11-6-12-19-15-10-5-4-9-14(15)13-7-2-1-3-8-13/h1-5,7-10H,6,11-12H2,(H,17,18)/p-1. The van der Waals surface area contributed by atoms with E-state index in [4.69, 9.17) is 4.74 Å². The molecule has 0 saturated heterocycles. The van der Waals surface area contributed by atoms with Crippen LogP contribution in [0.4, 0.5) is 0 Å². The first-order chi connectivity index (χ1) is 9.27. The van der Waals surface area contributed by atoms with Crippen molar-refractivity contribution in [1.82, 2.24) is 0 Å². The summed E-state index contributed by atoms with van der Waals surface area (Å²) in [4.78, 5) is 10.3. The molecule has 0 aliphatic heterocycles. The summed E-state index contributed by atoms with van der Waals surface area (Å²) in [5.74, 6) is -0.271. The summed E-state index contributed by atoms with van der Waals surface area (Å²) < 4.78 is 5.65. The van der Waals surface area contributed by atoms with E-state index in [1.165, 1.54) is 0 Å². The van der Waals surface area contributed by atoms with Crippen molar-refractivity contribution in [1.29, 1.82) is 0 Å². The third-order valence-electron chi connectivity index (χ3n) is 2.75. The Bertz CT molecular complexity index is 535. The molecule has 0 saturated carbocycles. The molecule has 0 heterocycles. The van der Waals surface area contributed by atoms with Crippen LogP contribution in [0.2, 0.25) is 0 Å². The second-order valence-electron chi connectivity index (χ2n) is 4.19. The van der Waals surface area contributed by atoms with E-state index in [0.717, 1.165) is 16.9 Å². The molecule has 0 aliphatic rings. The van der Waals surface area contributed by atoms with Crippen molar-refractivity contribution < 1.29 is 14.6 Å². The van der Waals surface area contributed by atoms with Crippen LogP contribution in [0.5, 0.6) is 5.75 Å². The summed E-state index contributed by atoms with van der Waals surface area (Å²) >= 11 is 0. The molecule has 0 spiro atoms. The molecule has 0 amide bonds. The van der Waals surface area contributed by atoms with Gasteiger partial charge in [0.05, 0.1) is 6.61 Å². The smallest absolute Gasteiger partial charge is 0.127 e. The van der Waals surface area contributed by atoms with Crippen LogP contribution >= 0.6 is 0 Å². The Balaban J connectivity index is 2.07. The van der Waals surface area contributed by atoms with Crippen LogP contribution in [0.3, 0.4) is 0 Å². The molecular formula is C16H15O3-. The zero-order valence-electron chi connectivity index (χ0n) is 10.5. The Kier molecular flexibility index (Phi) is 4.56. The van der Waals surface area contributed by atoms with E-state index in [1.807, 2.05) is 54.6 Å². The predicted molar refractivity (Wildman–Crippen MR) is 71.6 cm³/mol. The van der Waals surface area contributed by atoms with Crippen LogP contribution in [-0.2, 0) is 4.79 Å². The number of rotatable bonds is 6. The molecule has 0 bridgehead atoms. The van der Waals surface area contributed by atoms with Crippen LogP contribution in [0, 0.1) is 0 Å². The Labute approximate surface area is 112 Å². The Morgan fingerprint density at radius 2 is 1.68 bits per heavy atom. The molecule has 2 aromatic rings. The number of ether oxygens (including phenoxy) is 1. The number of para-hydroxylation sites is 1. The highest BCUT2D eigenvalue weighted by Gasteiger charge is 2.04. The molecule has 0 radical (unpaired) electrons. The molecule has 2 aromatic carbocycles. The number of benzene rings is 2. The van der Waals surface area contributed by atoms with Gasteiger partial charge in [0.2, 0.25) is 0 Å². The third kappa shape index (κ3) is 3.85. The van der Waals surface area contributed by atoms with Crippen LogP contribution in [0.1, 0.15) is 12.8 Å². The molecule has 0 atom stereocenters. The maximum atomic E-state index is 10.3. The van der Waals surface area contributed by atoms with Crippen molar-refractivity contribution in [3.63, 3.8) is 0 Å². The van der Waals surface area contributed by atoms with Gasteiger partial charge >= 0.3 is 0 Å². The van der Waals surface area contributed by atoms with Crippen molar-refractivity contribution in [2.75, 3.05) is 6.61 Å². The highest BCUT2D eigenvalue weighted by molar-refractivity contribution is 5.70. The van der Waals surface area contributed by atoms with Crippen molar-refractivity contribution in [2.45, 2.75) is 12.8 Å². The highest BCUT2D eigenvalue weighted by Crippen LogP contribution is 2.29. The molecule has 0 N–H and O–H groups in total. The van der Waals surface area contributed by atoms with Crippen LogP contribution in [0.25, 0.3) is 11.1 Å². The average Bonchev–Trinajstić information content (AvgIpc) is 2.45. The second kappa shape index (κ2) is 6.59. The fraction of sp³-hybridized carbons (Fsp3) is 0.188. The Morgan fingerprint density at radius 3 is 2.42 bits per heavy atom. The fourth-order valence-corrected chi connectivity index (χ4v) is 1.85. The number of hydrogen-bond donors (Lipinski definition) is 0. The van der Waals surface area contributed by atoms with Gasteiger partial charge < -0.3 is 14.6 Å². The third-order valence-corrected chi connectivity index (χ3v) is 2.75. The van der Waals surface area contributed by atoms with Crippen molar-refractivity contribution in [3.05, 3.63) is 54.6 Å². The zero-order valence-corrected chi connectivity index (χ0v) is 10.5. The average molecular weight is 255 g/mol. The lowest BCUT2D eigenvalue weighted by atomic mass is 10.1. The molecule has 0 aliphatic carbocycles. The summed E-state index contributed by atoms with van der Waals surface area (Å²) in [5.41, 5.74) is 2.09. The van der Waals surface area contributed by atoms with E-state index in [0.29, 0.717) is 13.0 Å². The minimum Gasteiger partial charge on any atom is -0.550 e. The van der Waals surface area contributed by atoms with Gasteiger partial charge in [-0.15, -0.1) is 0 Å². The predicted octanol–water partition coefficient (Wildman–Crippen LogP) is 2.26. The molecule has 19 heavy (non-hydrogen) atoms. The normalized spacial score (nSPS) is 10.1. The summed E-state index contributed by atoms with van der Waals surface area (Å²) in [7, 11) is 0. The second-order valence-corrected chi connectivity index (χ2v) is 4.19. The molecule has 98 valence electrons. The molecule has 0 aromatic heterocycles. The SMILES string of the molecule is O=C([O-])CCCOc1ccccc1-c1ccccc1. The van der Waals surface area contributed by atoms with E-state index in [2.05, 4.69) is 0 Å². The van der Waals surface area contributed by atoms with Crippen molar-refractivity contribution in [3.8, 4) is 16.9 Å². The molecule has 3 heteroatoms. The number of aliphatic carboxylic acids is 1. The lowest BCUT2D eigenvalue weighted by molar-refractivity contribution is -0.305. The van der Waals surface area contributed by atoms with Gasteiger partial charge in [-0.25, -0.2) is 0 Å². The number of carbonyl (C=O) groups is 1.